The second-order valence-electron chi connectivity index (χ2n) is 15.0. The van der Waals surface area contributed by atoms with E-state index in [9.17, 15) is 29.4 Å². The molecule has 51 heavy (non-hydrogen) atoms. The van der Waals surface area contributed by atoms with Crippen LogP contribution >= 0.6 is 0 Å². The van der Waals surface area contributed by atoms with Crippen molar-refractivity contribution in [1.82, 2.24) is 25.8 Å². The number of aliphatic hydroxyl groups excluding tert-OH is 1. The fourth-order valence-electron chi connectivity index (χ4n) is 6.12. The van der Waals surface area contributed by atoms with E-state index < -0.39 is 65.1 Å². The topological polar surface area (TPSA) is 170 Å². The molecule has 5 N–H and O–H groups in total. The van der Waals surface area contributed by atoms with Crippen molar-refractivity contribution < 1.29 is 34.1 Å². The van der Waals surface area contributed by atoms with Crippen LogP contribution in [-0.2, 0) is 27.2 Å². The van der Waals surface area contributed by atoms with Crippen molar-refractivity contribution in [3.63, 3.8) is 0 Å². The summed E-state index contributed by atoms with van der Waals surface area (Å²) >= 11 is 0. The van der Waals surface area contributed by atoms with Crippen molar-refractivity contribution in [3.05, 3.63) is 90.3 Å². The molecule has 0 aliphatic heterocycles. The number of methoxy groups -OCH3 is 1. The molecule has 1 heterocycles. The maximum atomic E-state index is 13.8. The Labute approximate surface area is 301 Å². The summed E-state index contributed by atoms with van der Waals surface area (Å²) in [5, 5.41) is 30.3. The molecule has 0 unspecified atom stereocenters. The van der Waals surface area contributed by atoms with Gasteiger partial charge in [-0.3, -0.25) is 19.5 Å². The summed E-state index contributed by atoms with van der Waals surface area (Å²) < 4.78 is 4.78. The Balaban J connectivity index is 1.97. The number of carboxylic acid groups (broad SMARTS) is 1. The molecule has 0 fully saturated rings. The number of carbonyl (C=O) groups is 4. The smallest absolute Gasteiger partial charge is 0.407 e. The first-order valence-electron chi connectivity index (χ1n) is 17.0. The lowest BCUT2D eigenvalue weighted by atomic mass is 9.84. The van der Waals surface area contributed by atoms with Crippen LogP contribution in [0.3, 0.4) is 0 Å². The number of nitrogens with zero attached hydrogens (tertiary/aromatic N) is 2. The summed E-state index contributed by atoms with van der Waals surface area (Å²) in [6, 6.07) is 17.5. The van der Waals surface area contributed by atoms with E-state index >= 15 is 0 Å². The number of benzene rings is 2. The van der Waals surface area contributed by atoms with Gasteiger partial charge in [-0.2, -0.15) is 0 Å². The second-order valence-corrected chi connectivity index (χ2v) is 15.0. The molecule has 0 bridgehead atoms. The Kier molecular flexibility index (Phi) is 14.1. The number of amides is 4. The van der Waals surface area contributed by atoms with Crippen LogP contribution < -0.4 is 16.0 Å². The molecule has 0 aliphatic carbocycles. The van der Waals surface area contributed by atoms with Crippen LogP contribution in [0.25, 0.3) is 11.1 Å². The van der Waals surface area contributed by atoms with Crippen molar-refractivity contribution in [1.29, 1.82) is 0 Å². The molecule has 4 amide bonds. The highest BCUT2D eigenvalue weighted by atomic mass is 16.5. The largest absolute Gasteiger partial charge is 0.465 e. The van der Waals surface area contributed by atoms with E-state index in [4.69, 9.17) is 4.74 Å². The fraction of sp³-hybridized carbons (Fsp3) is 0.462. The van der Waals surface area contributed by atoms with Crippen molar-refractivity contribution in [2.75, 3.05) is 14.2 Å². The first-order chi connectivity index (χ1) is 23.9. The molecule has 0 saturated carbocycles. The van der Waals surface area contributed by atoms with Gasteiger partial charge in [-0.15, -0.1) is 0 Å². The molecule has 0 spiro atoms. The monoisotopic (exact) mass is 703 g/mol. The number of ether oxygens (including phenoxy) is 1. The highest BCUT2D eigenvalue weighted by molar-refractivity contribution is 5.87. The van der Waals surface area contributed by atoms with Crippen LogP contribution in [0.1, 0.15) is 59.1 Å². The van der Waals surface area contributed by atoms with Crippen LogP contribution in [0.4, 0.5) is 9.59 Å². The summed E-state index contributed by atoms with van der Waals surface area (Å²) in [6.07, 6.45) is 0.865. The Morgan fingerprint density at radius 2 is 1.33 bits per heavy atom. The molecule has 3 rings (SSSR count). The number of rotatable bonds is 14. The van der Waals surface area contributed by atoms with Crippen LogP contribution in [0.5, 0.6) is 0 Å². The molecule has 0 aliphatic rings. The number of carbonyl (C=O) groups excluding carboxylic acids is 3. The summed E-state index contributed by atoms with van der Waals surface area (Å²) in [7, 11) is 2.57. The van der Waals surface area contributed by atoms with Crippen molar-refractivity contribution in [2.45, 2.75) is 91.1 Å². The zero-order valence-electron chi connectivity index (χ0n) is 30.8. The number of pyridine rings is 1. The van der Waals surface area contributed by atoms with Crippen molar-refractivity contribution in [2.24, 2.45) is 10.8 Å². The molecule has 276 valence electrons. The van der Waals surface area contributed by atoms with Crippen molar-refractivity contribution >= 4 is 24.0 Å². The summed E-state index contributed by atoms with van der Waals surface area (Å²) in [5.41, 5.74) is 2.28. The average molecular weight is 704 g/mol. The molecule has 0 saturated heterocycles. The van der Waals surface area contributed by atoms with Gasteiger partial charge in [0.15, 0.2) is 0 Å². The minimum Gasteiger partial charge on any atom is -0.465 e. The Bertz CT molecular complexity index is 1590. The predicted molar refractivity (Wildman–Crippen MR) is 196 cm³/mol. The zero-order valence-corrected chi connectivity index (χ0v) is 30.8. The number of alkyl carbamates (subject to hydrolysis) is 1. The van der Waals surface area contributed by atoms with Gasteiger partial charge in [0.05, 0.1) is 19.3 Å². The molecule has 5 atom stereocenters. The van der Waals surface area contributed by atoms with E-state index in [1.54, 1.807) is 33.2 Å². The molecule has 12 nitrogen and oxygen atoms in total. The molecule has 3 aromatic rings. The SMILES string of the molecule is COC(=O)N[C@H](C(=O)N[C@@H](Cc1ccc(-c2ccncc2)cc1)C[C@H](O)[C@H](Cc1ccccc1)NC(=O)[C@@H](N(C)C(=O)O)C(C)(C)C)C(C)(C)C. The van der Waals surface area contributed by atoms with Gasteiger partial charge in [0.2, 0.25) is 11.8 Å². The van der Waals surface area contributed by atoms with Crippen LogP contribution in [0.2, 0.25) is 0 Å². The minimum absolute atomic E-state index is 0.0274. The minimum atomic E-state index is -1.25. The quantitative estimate of drug-likeness (QED) is 0.155. The van der Waals surface area contributed by atoms with Gasteiger partial charge in [0.25, 0.3) is 0 Å². The standard InChI is InChI=1S/C39H53N5O7/c1-38(2,3)32(43-36(48)51-8)34(46)41-29(22-26-14-16-27(17-15-26)28-18-20-40-21-19-28)24-31(45)30(23-25-12-10-9-11-13-25)42-35(47)33(39(4,5)6)44(7)37(49)50/h9-21,29-33,45H,22-24H2,1-8H3,(H,41,46)(H,42,47)(H,43,48)(H,49,50)/t29-,30-,31-,32+,33+/m0/s1. The second kappa shape index (κ2) is 17.8. The van der Waals surface area contributed by atoms with Gasteiger partial charge < -0.3 is 30.9 Å². The summed E-state index contributed by atoms with van der Waals surface area (Å²) in [6.45, 7) is 10.8. The average Bonchev–Trinajstić information content (AvgIpc) is 3.06. The van der Waals surface area contributed by atoms with E-state index in [-0.39, 0.29) is 12.8 Å². The Morgan fingerprint density at radius 1 is 0.765 bits per heavy atom. The number of likely N-dealkylation sites (N-methyl/N-ethyl adjacent to an activating group) is 1. The van der Waals surface area contributed by atoms with Crippen LogP contribution in [0.15, 0.2) is 79.1 Å². The number of aliphatic hydroxyl groups is 1. The van der Waals surface area contributed by atoms with Gasteiger partial charge in [0.1, 0.15) is 12.1 Å². The van der Waals surface area contributed by atoms with Gasteiger partial charge in [0, 0.05) is 25.5 Å². The van der Waals surface area contributed by atoms with Crippen LogP contribution in [0, 0.1) is 10.8 Å². The fourth-order valence-corrected chi connectivity index (χ4v) is 6.12. The normalized spacial score (nSPS) is 14.6. The van der Waals surface area contributed by atoms with Gasteiger partial charge >= 0.3 is 12.2 Å². The third-order valence-corrected chi connectivity index (χ3v) is 8.75. The molecule has 12 heteroatoms. The first kappa shape index (κ1) is 40.5. The van der Waals surface area contributed by atoms with E-state index in [0.717, 1.165) is 27.2 Å². The zero-order chi connectivity index (χ0) is 37.9. The van der Waals surface area contributed by atoms with Crippen LogP contribution in [-0.4, -0.2) is 88.5 Å². The molecular formula is C39H53N5O7. The van der Waals surface area contributed by atoms with E-state index in [1.807, 2.05) is 87.5 Å². The predicted octanol–water partition coefficient (Wildman–Crippen LogP) is 5.05. The first-order valence-corrected chi connectivity index (χ1v) is 17.0. The number of nitrogens with one attached hydrogen (secondary N) is 3. The molecule has 0 radical (unpaired) electrons. The lowest BCUT2D eigenvalue weighted by Crippen LogP contribution is -2.59. The summed E-state index contributed by atoms with van der Waals surface area (Å²) in [4.78, 5) is 56.9. The lowest BCUT2D eigenvalue weighted by molar-refractivity contribution is -0.131. The molecule has 1 aromatic heterocycles. The number of aromatic nitrogens is 1. The van der Waals surface area contributed by atoms with Gasteiger partial charge in [-0.25, -0.2) is 9.59 Å². The highest BCUT2D eigenvalue weighted by Gasteiger charge is 2.39. The maximum absolute atomic E-state index is 13.8. The molecule has 2 aromatic carbocycles. The van der Waals surface area contributed by atoms with E-state index in [2.05, 4.69) is 20.9 Å². The maximum Gasteiger partial charge on any atom is 0.407 e. The summed E-state index contributed by atoms with van der Waals surface area (Å²) in [5.74, 6) is -1.01. The van der Waals surface area contributed by atoms with Crippen molar-refractivity contribution in [3.8, 4) is 11.1 Å². The molecular weight excluding hydrogens is 650 g/mol. The Morgan fingerprint density at radius 3 is 1.86 bits per heavy atom. The highest BCUT2D eigenvalue weighted by Crippen LogP contribution is 2.26. The Hall–Kier alpha value is -4.97. The van der Waals surface area contributed by atoms with E-state index in [1.165, 1.54) is 14.2 Å². The van der Waals surface area contributed by atoms with Gasteiger partial charge in [-0.05, 0) is 64.5 Å². The van der Waals surface area contributed by atoms with E-state index in [0.29, 0.717) is 6.42 Å². The number of hydrogen-bond acceptors (Lipinski definition) is 7. The third-order valence-electron chi connectivity index (χ3n) is 8.75. The van der Waals surface area contributed by atoms with Gasteiger partial charge in [-0.1, -0.05) is 96.1 Å². The number of hydrogen-bond donors (Lipinski definition) is 5. The lowest BCUT2D eigenvalue weighted by Gasteiger charge is -2.37. The third kappa shape index (κ3) is 12.1.